The van der Waals surface area contributed by atoms with Crippen LogP contribution in [0.4, 0.5) is 0 Å². The number of sulfonamides is 1. The Morgan fingerprint density at radius 2 is 1.46 bits per heavy atom. The van der Waals surface area contributed by atoms with Gasteiger partial charge in [0, 0.05) is 38.6 Å². The van der Waals surface area contributed by atoms with Crippen LogP contribution in [0.25, 0.3) is 0 Å². The number of nitrogens with one attached hydrogen (secondary N) is 2. The van der Waals surface area contributed by atoms with Gasteiger partial charge in [-0.15, -0.1) is 0 Å². The largest absolute Gasteiger partial charge is 0.497 e. The molecule has 0 aliphatic carbocycles. The molecular weight excluding hydrogens is 979 g/mol. The van der Waals surface area contributed by atoms with Gasteiger partial charge in [0.1, 0.15) is 46.6 Å². The SMILES string of the molecule is CCCNC[C@]1(O)[C@H](C)O[C@@H](O[C@H]2[C@H](C)[C@@H](O[C@@H]3O[C@H](C)C[C@H](N(Cc4ccc(OC)cc4)S(=O)(=O)c4ccc(OC)cc4)[C@H]3O)[C@](C)(O)C[C@@H](C)CN[C@H](C)[C@@H](O)[C@](C)(O)[C@@H](CC)OC(=O)[C@@H]2C)C[C@@]1(C)OC. The third kappa shape index (κ3) is 13.8. The van der Waals surface area contributed by atoms with Crippen LogP contribution in [0.1, 0.15) is 114 Å². The van der Waals surface area contributed by atoms with Gasteiger partial charge in [-0.3, -0.25) is 4.79 Å². The van der Waals surface area contributed by atoms with Gasteiger partial charge in [-0.2, -0.15) is 4.31 Å². The first-order chi connectivity index (χ1) is 34.6. The number of rotatable bonds is 17. The van der Waals surface area contributed by atoms with E-state index in [4.69, 9.17) is 37.9 Å². The summed E-state index contributed by atoms with van der Waals surface area (Å²) in [6.07, 6.45) is -9.85. The second-order valence-corrected chi connectivity index (χ2v) is 23.7. The minimum atomic E-state index is -4.36. The minimum Gasteiger partial charge on any atom is -0.497 e. The number of carbonyl (C=O) groups excluding carboxylic acids is 1. The Labute approximate surface area is 439 Å². The average molecular weight is 1070 g/mol. The topological polar surface area (TPSA) is 253 Å². The number of methoxy groups -OCH3 is 3. The Morgan fingerprint density at radius 3 is 2.03 bits per heavy atom. The van der Waals surface area contributed by atoms with Gasteiger partial charge in [0.15, 0.2) is 12.6 Å². The Kier molecular flexibility index (Phi) is 21.4. The number of aliphatic hydroxyl groups excluding tert-OH is 2. The summed E-state index contributed by atoms with van der Waals surface area (Å²) < 4.78 is 80.7. The fourth-order valence-electron chi connectivity index (χ4n) is 11.2. The number of esters is 1. The van der Waals surface area contributed by atoms with Gasteiger partial charge < -0.3 is 74.1 Å². The Bertz CT molecular complexity index is 2190. The summed E-state index contributed by atoms with van der Waals surface area (Å²) in [6, 6.07) is 11.1. The summed E-state index contributed by atoms with van der Waals surface area (Å²) in [7, 11) is 0.157. The monoisotopic (exact) mass is 1070 g/mol. The minimum absolute atomic E-state index is 0.000470. The molecule has 0 bridgehead atoms. The fraction of sp³-hybridized carbons (Fsp3) is 0.759. The van der Waals surface area contributed by atoms with Gasteiger partial charge in [-0.05, 0) is 135 Å². The van der Waals surface area contributed by atoms with E-state index in [2.05, 4.69) is 10.6 Å². The number of aliphatic hydroxyl groups is 5. The van der Waals surface area contributed by atoms with Gasteiger partial charge in [0.2, 0.25) is 10.0 Å². The number of cyclic esters (lactones) is 1. The zero-order valence-electron chi connectivity index (χ0n) is 46.1. The molecular formula is C54H89N3O16S. The third-order valence-corrected chi connectivity index (χ3v) is 17.8. The molecule has 3 aliphatic heterocycles. The van der Waals surface area contributed by atoms with Crippen molar-refractivity contribution in [3.8, 4) is 11.5 Å². The summed E-state index contributed by atoms with van der Waals surface area (Å²) >= 11 is 0. The lowest BCUT2D eigenvalue weighted by Crippen LogP contribution is -2.70. The van der Waals surface area contributed by atoms with Gasteiger partial charge in [-0.25, -0.2) is 8.42 Å². The van der Waals surface area contributed by atoms with E-state index in [0.29, 0.717) is 23.6 Å². The van der Waals surface area contributed by atoms with Crippen LogP contribution in [-0.2, 0) is 49.8 Å². The van der Waals surface area contributed by atoms with E-state index in [9.17, 15) is 38.7 Å². The summed E-state index contributed by atoms with van der Waals surface area (Å²) in [4.78, 5) is 14.6. The van der Waals surface area contributed by atoms with E-state index in [0.717, 1.165) is 6.42 Å². The molecule has 3 heterocycles. The second-order valence-electron chi connectivity index (χ2n) is 21.8. The van der Waals surface area contributed by atoms with E-state index in [-0.39, 0.29) is 56.1 Å². The fourth-order valence-corrected chi connectivity index (χ4v) is 12.8. The first-order valence-corrected chi connectivity index (χ1v) is 27.7. The van der Waals surface area contributed by atoms with Crippen molar-refractivity contribution < 1.29 is 76.6 Å². The Hall–Kier alpha value is -3.06. The summed E-state index contributed by atoms with van der Waals surface area (Å²) in [6.45, 7) is 19.9. The van der Waals surface area contributed by atoms with Crippen LogP contribution in [0.15, 0.2) is 53.4 Å². The van der Waals surface area contributed by atoms with E-state index in [1.165, 1.54) is 44.7 Å². The van der Waals surface area contributed by atoms with Crippen LogP contribution in [-0.4, -0.2) is 175 Å². The molecule has 3 fully saturated rings. The molecule has 0 amide bonds. The van der Waals surface area contributed by atoms with Crippen LogP contribution in [0.5, 0.6) is 11.5 Å². The standard InChI is InChI=1S/C54H89N3O16S/c1-15-25-55-31-54(63)37(8)70-44(28-52(54,10)68-14)72-46-34(5)48(51(9,61)27-32(3)29-56-36(7)47(59)53(11,62)43(16-2)71-49(60)35(46)6)73-50-45(58)42(26-33(4)69-50)57(30-38-17-19-39(66-12)20-18-38)74(64,65)41-23-21-40(67-13)22-24-41/h17-24,32-37,42-48,50,55-56,58-59,61-63H,15-16,25-31H2,1-14H3/t32-,33-,34+,35-,36-,37+,42+,43-,44+,45-,46+,47-,48-,50+,51-,52-,53-,54+/m1/s1. The molecule has 0 radical (unpaired) electrons. The summed E-state index contributed by atoms with van der Waals surface area (Å²) in [5.74, 6) is -2.23. The van der Waals surface area contributed by atoms with Crippen LogP contribution in [0, 0.1) is 17.8 Å². The number of hydrogen-bond donors (Lipinski definition) is 7. The first kappa shape index (κ1) is 61.8. The highest BCUT2D eigenvalue weighted by atomic mass is 32.2. The van der Waals surface area contributed by atoms with Gasteiger partial charge in [0.25, 0.3) is 0 Å². The molecule has 5 rings (SSSR count). The molecule has 19 nitrogen and oxygen atoms in total. The lowest BCUT2D eigenvalue weighted by Gasteiger charge is -2.53. The van der Waals surface area contributed by atoms with Crippen molar-refractivity contribution in [2.24, 2.45) is 17.8 Å². The quantitative estimate of drug-likeness (QED) is 0.0863. The van der Waals surface area contributed by atoms with Crippen molar-refractivity contribution >= 4 is 16.0 Å². The molecule has 18 atom stereocenters. The number of ether oxygens (including phenoxy) is 8. The zero-order valence-corrected chi connectivity index (χ0v) is 47.0. The van der Waals surface area contributed by atoms with Crippen LogP contribution >= 0.6 is 0 Å². The van der Waals surface area contributed by atoms with Crippen molar-refractivity contribution in [1.29, 1.82) is 0 Å². The zero-order chi connectivity index (χ0) is 55.1. The molecule has 74 heavy (non-hydrogen) atoms. The molecule has 2 aromatic rings. The van der Waals surface area contributed by atoms with Gasteiger partial charge in [0.05, 0.1) is 61.1 Å². The van der Waals surface area contributed by atoms with Crippen molar-refractivity contribution in [1.82, 2.24) is 14.9 Å². The van der Waals surface area contributed by atoms with Gasteiger partial charge >= 0.3 is 5.97 Å². The van der Waals surface area contributed by atoms with E-state index >= 15 is 0 Å². The molecule has 0 spiro atoms. The van der Waals surface area contributed by atoms with Gasteiger partial charge in [-0.1, -0.05) is 39.8 Å². The van der Waals surface area contributed by atoms with Crippen LogP contribution in [0.2, 0.25) is 0 Å². The number of carbonyl (C=O) groups is 1. The van der Waals surface area contributed by atoms with Crippen molar-refractivity contribution in [2.75, 3.05) is 41.0 Å². The highest BCUT2D eigenvalue weighted by Gasteiger charge is 2.58. The van der Waals surface area contributed by atoms with E-state index < -0.39 is 118 Å². The lowest BCUT2D eigenvalue weighted by atomic mass is 9.75. The van der Waals surface area contributed by atoms with Crippen LogP contribution < -0.4 is 20.1 Å². The molecule has 20 heteroatoms. The van der Waals surface area contributed by atoms with Crippen molar-refractivity contribution in [2.45, 2.75) is 210 Å². The normalized spacial score (nSPS) is 39.2. The molecule has 7 N–H and O–H groups in total. The maximum Gasteiger partial charge on any atom is 0.311 e. The smallest absolute Gasteiger partial charge is 0.311 e. The number of nitrogens with zero attached hydrogens (tertiary/aromatic N) is 1. The van der Waals surface area contributed by atoms with Crippen molar-refractivity contribution in [3.63, 3.8) is 0 Å². The molecule has 422 valence electrons. The highest BCUT2D eigenvalue weighted by molar-refractivity contribution is 7.89. The summed E-state index contributed by atoms with van der Waals surface area (Å²) in [5, 5.41) is 67.8. The molecule has 2 aromatic carbocycles. The molecule has 0 aromatic heterocycles. The van der Waals surface area contributed by atoms with Crippen LogP contribution in [0.3, 0.4) is 0 Å². The second kappa shape index (κ2) is 25.6. The maximum absolute atomic E-state index is 14.9. The third-order valence-electron chi connectivity index (χ3n) is 15.9. The maximum atomic E-state index is 14.9. The molecule has 0 unspecified atom stereocenters. The predicted molar refractivity (Wildman–Crippen MR) is 277 cm³/mol. The Balaban J connectivity index is 1.62. The van der Waals surface area contributed by atoms with E-state index in [1.807, 2.05) is 13.8 Å². The highest BCUT2D eigenvalue weighted by Crippen LogP contribution is 2.44. The lowest BCUT2D eigenvalue weighted by molar-refractivity contribution is -0.336. The van der Waals surface area contributed by atoms with E-state index in [1.54, 1.807) is 91.8 Å². The number of benzene rings is 2. The predicted octanol–water partition coefficient (Wildman–Crippen LogP) is 4.28. The molecule has 3 aliphatic rings. The first-order valence-electron chi connectivity index (χ1n) is 26.3. The number of hydrogen-bond acceptors (Lipinski definition) is 18. The van der Waals surface area contributed by atoms with Crippen molar-refractivity contribution in [3.05, 3.63) is 54.1 Å². The molecule has 3 saturated heterocycles. The average Bonchev–Trinajstić information content (AvgIpc) is 3.36. The summed E-state index contributed by atoms with van der Waals surface area (Å²) in [5.41, 5.74) is -5.84. The Morgan fingerprint density at radius 1 is 0.851 bits per heavy atom. The molecule has 0 saturated carbocycles.